The maximum absolute atomic E-state index is 12.5. The Balaban J connectivity index is 1.94. The van der Waals surface area contributed by atoms with Gasteiger partial charge in [-0.3, -0.25) is 9.59 Å². The summed E-state index contributed by atoms with van der Waals surface area (Å²) in [4.78, 5) is 24.8. The van der Waals surface area contributed by atoms with Gasteiger partial charge in [-0.1, -0.05) is 44.2 Å². The summed E-state index contributed by atoms with van der Waals surface area (Å²) in [5, 5.41) is 2.89. The quantitative estimate of drug-likeness (QED) is 0.571. The lowest BCUT2D eigenvalue weighted by Crippen LogP contribution is -2.30. The fourth-order valence-electron chi connectivity index (χ4n) is 3.19. The van der Waals surface area contributed by atoms with Crippen LogP contribution in [0.4, 0.5) is 5.69 Å². The number of para-hydroxylation sites is 2. The molecule has 2 unspecified atom stereocenters. The van der Waals surface area contributed by atoms with Gasteiger partial charge in [0.2, 0.25) is 0 Å². The Bertz CT molecular complexity index is 864. The molecule has 1 N–H and O–H groups in total. The number of hydrogen-bond acceptors (Lipinski definition) is 5. The van der Waals surface area contributed by atoms with Gasteiger partial charge in [-0.2, -0.15) is 0 Å². The number of benzene rings is 2. The molecule has 2 atom stereocenters. The molecule has 1 amide bonds. The van der Waals surface area contributed by atoms with Crippen molar-refractivity contribution in [2.45, 2.75) is 52.1 Å². The number of carbonyl (C=O) groups excluding carboxylic acids is 2. The third kappa shape index (κ3) is 5.99. The molecule has 2 rings (SSSR count). The van der Waals surface area contributed by atoms with E-state index in [0.29, 0.717) is 23.8 Å². The molecule has 0 spiro atoms. The van der Waals surface area contributed by atoms with Crippen LogP contribution in [0.1, 0.15) is 50.7 Å². The minimum absolute atomic E-state index is 0.130. The van der Waals surface area contributed by atoms with Crippen LogP contribution in [0.15, 0.2) is 42.5 Å². The molecule has 30 heavy (non-hydrogen) atoms. The number of ether oxygens (including phenoxy) is 3. The van der Waals surface area contributed by atoms with Gasteiger partial charge in [0.1, 0.15) is 0 Å². The molecule has 0 aliphatic rings. The highest BCUT2D eigenvalue weighted by Gasteiger charge is 2.20. The van der Waals surface area contributed by atoms with Crippen LogP contribution in [0.5, 0.6) is 11.5 Å². The lowest BCUT2D eigenvalue weighted by Gasteiger charge is -2.18. The minimum Gasteiger partial charge on any atom is -0.493 e. The average molecular weight is 414 g/mol. The third-order valence-electron chi connectivity index (χ3n) is 5.12. The number of carbonyl (C=O) groups is 2. The van der Waals surface area contributed by atoms with Crippen molar-refractivity contribution in [3.05, 3.63) is 53.6 Å². The minimum atomic E-state index is -0.894. The maximum Gasteiger partial charge on any atom is 0.306 e. The van der Waals surface area contributed by atoms with Gasteiger partial charge in [0.25, 0.3) is 5.91 Å². The second kappa shape index (κ2) is 11.2. The van der Waals surface area contributed by atoms with Crippen molar-refractivity contribution in [2.75, 3.05) is 19.5 Å². The van der Waals surface area contributed by atoms with Gasteiger partial charge < -0.3 is 19.5 Å². The number of anilines is 1. The Morgan fingerprint density at radius 1 is 1.00 bits per heavy atom. The maximum atomic E-state index is 12.5. The summed E-state index contributed by atoms with van der Waals surface area (Å²) in [5.41, 5.74) is 2.66. The molecule has 2 aromatic carbocycles. The van der Waals surface area contributed by atoms with E-state index < -0.39 is 12.1 Å². The number of esters is 1. The molecule has 0 aromatic heterocycles. The van der Waals surface area contributed by atoms with E-state index in [1.807, 2.05) is 36.4 Å². The Morgan fingerprint density at radius 3 is 2.40 bits per heavy atom. The Kier molecular flexibility index (Phi) is 8.71. The summed E-state index contributed by atoms with van der Waals surface area (Å²) < 4.78 is 16.0. The fourth-order valence-corrected chi connectivity index (χ4v) is 3.19. The summed E-state index contributed by atoms with van der Waals surface area (Å²) in [7, 11) is 3.12. The molecule has 0 radical (unpaired) electrons. The van der Waals surface area contributed by atoms with Gasteiger partial charge >= 0.3 is 5.97 Å². The highest BCUT2D eigenvalue weighted by atomic mass is 16.5. The van der Waals surface area contributed by atoms with Gasteiger partial charge in [0.15, 0.2) is 17.6 Å². The molecule has 0 saturated heterocycles. The van der Waals surface area contributed by atoms with Crippen molar-refractivity contribution in [3.8, 4) is 11.5 Å². The monoisotopic (exact) mass is 413 g/mol. The molecular weight excluding hydrogens is 382 g/mol. The molecule has 0 bridgehead atoms. The largest absolute Gasteiger partial charge is 0.493 e. The first-order valence-corrected chi connectivity index (χ1v) is 10.2. The molecular formula is C24H31NO5. The Hall–Kier alpha value is -3.02. The molecule has 0 fully saturated rings. The zero-order chi connectivity index (χ0) is 22.1. The summed E-state index contributed by atoms with van der Waals surface area (Å²) in [5.74, 6) is 0.726. The van der Waals surface area contributed by atoms with Crippen LogP contribution in [-0.2, 0) is 20.7 Å². The van der Waals surface area contributed by atoms with Crippen LogP contribution in [0.3, 0.4) is 0 Å². The van der Waals surface area contributed by atoms with Crippen LogP contribution in [-0.4, -0.2) is 32.2 Å². The van der Waals surface area contributed by atoms with Crippen molar-refractivity contribution in [2.24, 2.45) is 0 Å². The van der Waals surface area contributed by atoms with Gasteiger partial charge in [0.05, 0.1) is 14.2 Å². The highest BCUT2D eigenvalue weighted by molar-refractivity contribution is 5.95. The van der Waals surface area contributed by atoms with Gasteiger partial charge in [-0.05, 0) is 48.9 Å². The normalized spacial score (nSPS) is 12.6. The standard InChI is InChI=1S/C24H31NO5/c1-6-16(2)19-11-7-8-12-20(19)25-24(27)17(3)30-22(26)15-14-18-10-9-13-21(28-4)23(18)29-5/h7-13,16-17H,6,14-15H2,1-5H3,(H,25,27). The molecule has 6 nitrogen and oxygen atoms in total. The van der Waals surface area contributed by atoms with Crippen molar-refractivity contribution < 1.29 is 23.8 Å². The number of amides is 1. The molecule has 0 saturated carbocycles. The number of nitrogens with one attached hydrogen (secondary N) is 1. The van der Waals surface area contributed by atoms with E-state index in [0.717, 1.165) is 23.2 Å². The average Bonchev–Trinajstić information content (AvgIpc) is 2.76. The number of rotatable bonds is 10. The molecule has 0 heterocycles. The third-order valence-corrected chi connectivity index (χ3v) is 5.12. The van der Waals surface area contributed by atoms with E-state index >= 15 is 0 Å². The van der Waals surface area contributed by atoms with Crippen molar-refractivity contribution in [3.63, 3.8) is 0 Å². The van der Waals surface area contributed by atoms with E-state index in [1.165, 1.54) is 0 Å². The Labute approximate surface area is 178 Å². The van der Waals surface area contributed by atoms with Crippen molar-refractivity contribution in [1.82, 2.24) is 0 Å². The van der Waals surface area contributed by atoms with Crippen LogP contribution in [0.25, 0.3) is 0 Å². The smallest absolute Gasteiger partial charge is 0.306 e. The first-order valence-electron chi connectivity index (χ1n) is 10.2. The molecule has 2 aromatic rings. The van der Waals surface area contributed by atoms with Gasteiger partial charge in [-0.15, -0.1) is 0 Å². The highest BCUT2D eigenvalue weighted by Crippen LogP contribution is 2.31. The van der Waals surface area contributed by atoms with E-state index in [1.54, 1.807) is 27.2 Å². The van der Waals surface area contributed by atoms with Crippen molar-refractivity contribution >= 4 is 17.6 Å². The van der Waals surface area contributed by atoms with Crippen LogP contribution in [0.2, 0.25) is 0 Å². The summed E-state index contributed by atoms with van der Waals surface area (Å²) in [6, 6.07) is 13.2. The molecule has 0 aliphatic carbocycles. The SMILES string of the molecule is CCC(C)c1ccccc1NC(=O)C(C)OC(=O)CCc1cccc(OC)c1OC. The zero-order valence-electron chi connectivity index (χ0n) is 18.4. The lowest BCUT2D eigenvalue weighted by atomic mass is 9.97. The topological polar surface area (TPSA) is 73.9 Å². The van der Waals surface area contributed by atoms with E-state index in [4.69, 9.17) is 14.2 Å². The Morgan fingerprint density at radius 2 is 1.73 bits per heavy atom. The molecule has 0 aliphatic heterocycles. The summed E-state index contributed by atoms with van der Waals surface area (Å²) in [6.45, 7) is 5.79. The second-order valence-electron chi connectivity index (χ2n) is 7.17. The van der Waals surface area contributed by atoms with Crippen molar-refractivity contribution in [1.29, 1.82) is 0 Å². The zero-order valence-corrected chi connectivity index (χ0v) is 18.4. The predicted molar refractivity (Wildman–Crippen MR) is 117 cm³/mol. The number of methoxy groups -OCH3 is 2. The summed E-state index contributed by atoms with van der Waals surface area (Å²) >= 11 is 0. The lowest BCUT2D eigenvalue weighted by molar-refractivity contribution is -0.153. The van der Waals surface area contributed by atoms with Crippen LogP contribution in [0, 0.1) is 0 Å². The fraction of sp³-hybridized carbons (Fsp3) is 0.417. The van der Waals surface area contributed by atoms with Crippen LogP contribution >= 0.6 is 0 Å². The predicted octanol–water partition coefficient (Wildman–Crippen LogP) is 4.72. The molecule has 162 valence electrons. The first kappa shape index (κ1) is 23.3. The molecule has 6 heteroatoms. The first-order chi connectivity index (χ1) is 14.4. The van der Waals surface area contributed by atoms with Crippen LogP contribution < -0.4 is 14.8 Å². The number of hydrogen-bond donors (Lipinski definition) is 1. The van der Waals surface area contributed by atoms with E-state index in [9.17, 15) is 9.59 Å². The van der Waals surface area contributed by atoms with E-state index in [-0.39, 0.29) is 12.3 Å². The second-order valence-corrected chi connectivity index (χ2v) is 7.17. The van der Waals surface area contributed by atoms with Gasteiger partial charge in [0, 0.05) is 12.1 Å². The number of aryl methyl sites for hydroxylation is 1. The summed E-state index contributed by atoms with van der Waals surface area (Å²) in [6.07, 6.45) is 0.620. The van der Waals surface area contributed by atoms with E-state index in [2.05, 4.69) is 19.2 Å². The van der Waals surface area contributed by atoms with Gasteiger partial charge in [-0.25, -0.2) is 0 Å².